The summed E-state index contributed by atoms with van der Waals surface area (Å²) in [6, 6.07) is 0. The molecule has 0 aromatic heterocycles. The Morgan fingerprint density at radius 1 is 1.41 bits per heavy atom. The van der Waals surface area contributed by atoms with Crippen LogP contribution in [0.15, 0.2) is 0 Å². The first-order chi connectivity index (χ1) is 7.74. The van der Waals surface area contributed by atoms with Crippen molar-refractivity contribution >= 4 is 18.3 Å². The van der Waals surface area contributed by atoms with Crippen molar-refractivity contribution in [3.05, 3.63) is 0 Å². The predicted molar refractivity (Wildman–Crippen MR) is 69.1 cm³/mol. The van der Waals surface area contributed by atoms with E-state index in [0.29, 0.717) is 13.0 Å². The standard InChI is InChI=1S/C12H22N2O2.ClH/c1-16-11(6-13)5-12(15)14-7-9-3-2-4-10(9)8-14;/h9-11H,2-8,13H2,1H3;1H. The second kappa shape index (κ2) is 6.57. The summed E-state index contributed by atoms with van der Waals surface area (Å²) in [6.45, 7) is 2.35. The monoisotopic (exact) mass is 262 g/mol. The minimum Gasteiger partial charge on any atom is -0.380 e. The van der Waals surface area contributed by atoms with Crippen LogP contribution in [0.5, 0.6) is 0 Å². The van der Waals surface area contributed by atoms with Crippen molar-refractivity contribution in [2.45, 2.75) is 31.8 Å². The van der Waals surface area contributed by atoms with Crippen molar-refractivity contribution < 1.29 is 9.53 Å². The summed E-state index contributed by atoms with van der Waals surface area (Å²) in [5.74, 6) is 1.75. The zero-order valence-electron chi connectivity index (χ0n) is 10.4. The lowest BCUT2D eigenvalue weighted by atomic mass is 10.0. The highest BCUT2D eigenvalue weighted by atomic mass is 35.5. The maximum Gasteiger partial charge on any atom is 0.225 e. The number of nitrogens with two attached hydrogens (primary N) is 1. The van der Waals surface area contributed by atoms with Crippen molar-refractivity contribution in [1.29, 1.82) is 0 Å². The van der Waals surface area contributed by atoms with Crippen LogP contribution in [0.3, 0.4) is 0 Å². The smallest absolute Gasteiger partial charge is 0.225 e. The van der Waals surface area contributed by atoms with Gasteiger partial charge in [-0.2, -0.15) is 0 Å². The summed E-state index contributed by atoms with van der Waals surface area (Å²) in [5, 5.41) is 0. The van der Waals surface area contributed by atoms with E-state index in [2.05, 4.69) is 0 Å². The first-order valence-electron chi connectivity index (χ1n) is 6.25. The fraction of sp³-hybridized carbons (Fsp3) is 0.917. The Balaban J connectivity index is 0.00000144. The zero-order chi connectivity index (χ0) is 11.5. The Labute approximate surface area is 109 Å². The van der Waals surface area contributed by atoms with Crippen LogP contribution in [0.25, 0.3) is 0 Å². The fourth-order valence-electron chi connectivity index (χ4n) is 3.03. The molecular formula is C12H23ClN2O2. The van der Waals surface area contributed by atoms with Gasteiger partial charge in [0.15, 0.2) is 0 Å². The van der Waals surface area contributed by atoms with Crippen molar-refractivity contribution in [2.24, 2.45) is 17.6 Å². The van der Waals surface area contributed by atoms with Gasteiger partial charge in [0.1, 0.15) is 0 Å². The number of carbonyl (C=O) groups is 1. The van der Waals surface area contributed by atoms with Crippen LogP contribution in [0.2, 0.25) is 0 Å². The normalized spacial score (nSPS) is 28.7. The minimum absolute atomic E-state index is 0. The molecule has 1 heterocycles. The summed E-state index contributed by atoms with van der Waals surface area (Å²) in [5.41, 5.74) is 5.53. The summed E-state index contributed by atoms with van der Waals surface area (Å²) in [4.78, 5) is 14.0. The molecule has 2 N–H and O–H groups in total. The number of hydrogen-bond donors (Lipinski definition) is 1. The number of fused-ring (bicyclic) bond motifs is 1. The summed E-state index contributed by atoms with van der Waals surface area (Å²) in [6.07, 6.45) is 4.28. The van der Waals surface area contributed by atoms with Gasteiger partial charge in [0.2, 0.25) is 5.91 Å². The van der Waals surface area contributed by atoms with Crippen LogP contribution in [0, 0.1) is 11.8 Å². The van der Waals surface area contributed by atoms with Crippen LogP contribution < -0.4 is 5.73 Å². The van der Waals surface area contributed by atoms with Gasteiger partial charge in [-0.3, -0.25) is 4.79 Å². The van der Waals surface area contributed by atoms with Gasteiger partial charge in [0, 0.05) is 26.7 Å². The van der Waals surface area contributed by atoms with Crippen molar-refractivity contribution in [2.75, 3.05) is 26.7 Å². The highest BCUT2D eigenvalue weighted by Gasteiger charge is 2.38. The van der Waals surface area contributed by atoms with E-state index >= 15 is 0 Å². The molecule has 0 aromatic carbocycles. The summed E-state index contributed by atoms with van der Waals surface area (Å²) < 4.78 is 5.15. The van der Waals surface area contributed by atoms with Gasteiger partial charge in [-0.25, -0.2) is 0 Å². The molecule has 1 amide bonds. The average Bonchev–Trinajstić information content (AvgIpc) is 2.85. The van der Waals surface area contributed by atoms with E-state index in [1.165, 1.54) is 19.3 Å². The predicted octanol–water partition coefficient (Wildman–Crippen LogP) is 1.03. The quantitative estimate of drug-likeness (QED) is 0.823. The van der Waals surface area contributed by atoms with Gasteiger partial charge in [0.25, 0.3) is 0 Å². The van der Waals surface area contributed by atoms with E-state index in [-0.39, 0.29) is 24.4 Å². The largest absolute Gasteiger partial charge is 0.380 e. The van der Waals surface area contributed by atoms with Gasteiger partial charge in [-0.15, -0.1) is 12.4 Å². The number of halogens is 1. The third-order valence-corrected chi connectivity index (χ3v) is 4.08. The Morgan fingerprint density at radius 3 is 2.47 bits per heavy atom. The summed E-state index contributed by atoms with van der Waals surface area (Å²) in [7, 11) is 1.61. The van der Waals surface area contributed by atoms with Crippen LogP contribution in [-0.4, -0.2) is 43.7 Å². The molecule has 4 nitrogen and oxygen atoms in total. The lowest BCUT2D eigenvalue weighted by Gasteiger charge is -2.20. The van der Waals surface area contributed by atoms with E-state index in [1.54, 1.807) is 7.11 Å². The van der Waals surface area contributed by atoms with E-state index in [9.17, 15) is 4.79 Å². The highest BCUT2D eigenvalue weighted by molar-refractivity contribution is 5.85. The van der Waals surface area contributed by atoms with Crippen molar-refractivity contribution in [1.82, 2.24) is 4.90 Å². The van der Waals surface area contributed by atoms with E-state index < -0.39 is 0 Å². The van der Waals surface area contributed by atoms with Gasteiger partial charge >= 0.3 is 0 Å². The van der Waals surface area contributed by atoms with E-state index in [1.807, 2.05) is 4.90 Å². The number of methoxy groups -OCH3 is 1. The molecule has 2 aliphatic rings. The maximum absolute atomic E-state index is 12.0. The molecule has 17 heavy (non-hydrogen) atoms. The maximum atomic E-state index is 12.0. The zero-order valence-corrected chi connectivity index (χ0v) is 11.2. The Bertz CT molecular complexity index is 247. The van der Waals surface area contributed by atoms with Gasteiger partial charge in [-0.1, -0.05) is 6.42 Å². The van der Waals surface area contributed by atoms with Gasteiger partial charge < -0.3 is 15.4 Å². The number of likely N-dealkylation sites (tertiary alicyclic amines) is 1. The lowest BCUT2D eigenvalue weighted by Crippen LogP contribution is -2.35. The third-order valence-electron chi connectivity index (χ3n) is 4.08. The molecular weight excluding hydrogens is 240 g/mol. The summed E-state index contributed by atoms with van der Waals surface area (Å²) >= 11 is 0. The second-order valence-electron chi connectivity index (χ2n) is 5.05. The number of amides is 1. The molecule has 1 aliphatic carbocycles. The second-order valence-corrected chi connectivity index (χ2v) is 5.05. The molecule has 1 aliphatic heterocycles. The average molecular weight is 263 g/mol. The van der Waals surface area contributed by atoms with Crippen molar-refractivity contribution in [3.8, 4) is 0 Å². The molecule has 0 aromatic rings. The number of nitrogens with zero attached hydrogens (tertiary/aromatic N) is 1. The molecule has 2 rings (SSSR count). The molecule has 100 valence electrons. The Hall–Kier alpha value is -0.320. The van der Waals surface area contributed by atoms with E-state index in [0.717, 1.165) is 24.9 Å². The Kier molecular flexibility index (Phi) is 5.70. The topological polar surface area (TPSA) is 55.6 Å². The molecule has 0 bridgehead atoms. The SMILES string of the molecule is COC(CN)CC(=O)N1CC2CCCC2C1.Cl. The minimum atomic E-state index is -0.118. The lowest BCUT2D eigenvalue weighted by molar-refractivity contribution is -0.132. The first kappa shape index (κ1) is 14.7. The van der Waals surface area contributed by atoms with Crippen LogP contribution >= 0.6 is 12.4 Å². The third kappa shape index (κ3) is 3.33. The first-order valence-corrected chi connectivity index (χ1v) is 6.25. The molecule has 0 spiro atoms. The van der Waals surface area contributed by atoms with Crippen LogP contribution in [0.1, 0.15) is 25.7 Å². The van der Waals surface area contributed by atoms with E-state index in [4.69, 9.17) is 10.5 Å². The van der Waals surface area contributed by atoms with Crippen LogP contribution in [0.4, 0.5) is 0 Å². The fourth-order valence-corrected chi connectivity index (χ4v) is 3.03. The molecule has 5 heteroatoms. The number of rotatable bonds is 4. The molecule has 3 atom stereocenters. The molecule has 1 saturated heterocycles. The molecule has 1 saturated carbocycles. The number of ether oxygens (including phenoxy) is 1. The Morgan fingerprint density at radius 2 is 2.00 bits per heavy atom. The van der Waals surface area contributed by atoms with Crippen LogP contribution in [-0.2, 0) is 9.53 Å². The van der Waals surface area contributed by atoms with Crippen molar-refractivity contribution in [3.63, 3.8) is 0 Å². The molecule has 3 unspecified atom stereocenters. The molecule has 2 fully saturated rings. The highest BCUT2D eigenvalue weighted by Crippen LogP contribution is 2.37. The number of hydrogen-bond acceptors (Lipinski definition) is 3. The van der Waals surface area contributed by atoms with Gasteiger partial charge in [0.05, 0.1) is 12.5 Å². The number of carbonyl (C=O) groups excluding carboxylic acids is 1. The molecule has 0 radical (unpaired) electrons. The van der Waals surface area contributed by atoms with Gasteiger partial charge in [-0.05, 0) is 24.7 Å².